The van der Waals surface area contributed by atoms with Gasteiger partial charge in [0.1, 0.15) is 19.3 Å². The van der Waals surface area contributed by atoms with E-state index >= 15 is 0 Å². The highest BCUT2D eigenvalue weighted by molar-refractivity contribution is 7.47. The average Bonchev–Trinajstić information content (AvgIpc) is 3.39. The monoisotopic (exact) mass is 1160 g/mol. The number of rotatable bonds is 58. The Labute approximate surface area is 473 Å². The predicted molar refractivity (Wildman–Crippen MR) is 308 cm³/mol. The van der Waals surface area contributed by atoms with Gasteiger partial charge < -0.3 is 33.8 Å². The van der Waals surface area contributed by atoms with E-state index in [0.29, 0.717) is 37.5 Å². The van der Waals surface area contributed by atoms with Gasteiger partial charge in [-0.25, -0.2) is 9.13 Å². The second-order valence-corrected chi connectivity index (χ2v) is 25.2. The Hall–Kier alpha value is -1.94. The molecule has 0 aliphatic heterocycles. The lowest BCUT2D eigenvalue weighted by atomic mass is 10.0. The average molecular weight is 1160 g/mol. The minimum atomic E-state index is -4.94. The number of phosphoric acid groups is 2. The lowest BCUT2D eigenvalue weighted by molar-refractivity contribution is -0.161. The molecule has 3 N–H and O–H groups in total. The maximum atomic E-state index is 12.9. The smallest absolute Gasteiger partial charge is 0.462 e. The highest BCUT2D eigenvalue weighted by Crippen LogP contribution is 2.45. The maximum Gasteiger partial charge on any atom is 0.472 e. The molecule has 0 rings (SSSR count). The van der Waals surface area contributed by atoms with Crippen molar-refractivity contribution in [1.82, 2.24) is 0 Å². The fourth-order valence-electron chi connectivity index (χ4n) is 8.65. The topological polar surface area (TPSA) is 237 Å². The summed E-state index contributed by atoms with van der Waals surface area (Å²) in [5.41, 5.74) is 0. The summed E-state index contributed by atoms with van der Waals surface area (Å²) in [5, 5.41) is 10.5. The molecule has 5 atom stereocenters. The summed E-state index contributed by atoms with van der Waals surface area (Å²) in [6.07, 6.45) is 32.6. The number of ether oxygens (including phenoxy) is 4. The number of esters is 4. The van der Waals surface area contributed by atoms with E-state index in [4.69, 9.17) is 37.0 Å². The molecule has 0 aliphatic carbocycles. The zero-order chi connectivity index (χ0) is 58.0. The molecule has 0 aromatic carbocycles. The van der Waals surface area contributed by atoms with E-state index in [-0.39, 0.29) is 25.7 Å². The standard InChI is InChI=1S/C59H114O17P2/c1-7-9-11-13-14-15-16-17-18-19-24-31-37-43-58(63)76-55(48-70-57(62)42-36-30-25-20-22-28-33-39-51(3)4)50-74-78(67,68)72-46-53(60)45-71-77(65,66)73-49-54(47-69-56(61)41-35-27-12-10-8-2)75-59(64)44-38-32-26-21-23-29-34-40-52(5)6/h51-55,60H,7-50H2,1-6H3,(H,65,66)(H,67,68)/t53-,54+,55+/m0/s1. The largest absolute Gasteiger partial charge is 0.472 e. The Morgan fingerprint density at radius 3 is 0.872 bits per heavy atom. The summed E-state index contributed by atoms with van der Waals surface area (Å²) >= 11 is 0. The van der Waals surface area contributed by atoms with Crippen LogP contribution in [0.25, 0.3) is 0 Å². The normalized spacial score (nSPS) is 14.4. The van der Waals surface area contributed by atoms with Crippen LogP contribution >= 0.6 is 15.6 Å². The molecular formula is C59H114O17P2. The number of aliphatic hydroxyl groups is 1. The van der Waals surface area contributed by atoms with Gasteiger partial charge in [-0.05, 0) is 37.5 Å². The molecule has 19 heteroatoms. The number of carbonyl (C=O) groups is 4. The van der Waals surface area contributed by atoms with Gasteiger partial charge >= 0.3 is 39.5 Å². The lowest BCUT2D eigenvalue weighted by Gasteiger charge is -2.21. The third-order valence-electron chi connectivity index (χ3n) is 13.5. The summed E-state index contributed by atoms with van der Waals surface area (Å²) in [4.78, 5) is 71.7. The molecule has 462 valence electrons. The van der Waals surface area contributed by atoms with Crippen LogP contribution in [0.5, 0.6) is 0 Å². The molecule has 0 amide bonds. The van der Waals surface area contributed by atoms with Crippen LogP contribution in [0.3, 0.4) is 0 Å². The molecule has 0 saturated heterocycles. The predicted octanol–water partition coefficient (Wildman–Crippen LogP) is 15.7. The first kappa shape index (κ1) is 76.1. The molecule has 0 radical (unpaired) electrons. The zero-order valence-electron chi connectivity index (χ0n) is 50.0. The van der Waals surface area contributed by atoms with Crippen LogP contribution in [0.2, 0.25) is 0 Å². The molecule has 2 unspecified atom stereocenters. The van der Waals surface area contributed by atoms with Crippen LogP contribution in [0.1, 0.15) is 286 Å². The van der Waals surface area contributed by atoms with Crippen molar-refractivity contribution >= 4 is 39.5 Å². The Bertz CT molecular complexity index is 1550. The van der Waals surface area contributed by atoms with Crippen LogP contribution in [-0.2, 0) is 65.4 Å². The first-order chi connectivity index (χ1) is 37.4. The number of hydrogen-bond acceptors (Lipinski definition) is 15. The van der Waals surface area contributed by atoms with E-state index in [1.54, 1.807) is 0 Å². The summed E-state index contributed by atoms with van der Waals surface area (Å²) in [5.74, 6) is -0.752. The summed E-state index contributed by atoms with van der Waals surface area (Å²) < 4.78 is 67.6. The SMILES string of the molecule is CCCCCCCCCCCCCCCC(=O)O[C@H](COC(=O)CCCCCCCCCC(C)C)COP(=O)(O)OC[C@@H](O)COP(=O)(O)OC[C@@H](COC(=O)CCCCCCC)OC(=O)CCCCCCCCCC(C)C. The molecule has 0 heterocycles. The van der Waals surface area contributed by atoms with Crippen molar-refractivity contribution in [3.63, 3.8) is 0 Å². The quantitative estimate of drug-likeness (QED) is 0.0222. The Balaban J connectivity index is 5.19. The third-order valence-corrected chi connectivity index (χ3v) is 15.4. The molecule has 0 aliphatic rings. The Morgan fingerprint density at radius 2 is 0.590 bits per heavy atom. The van der Waals surface area contributed by atoms with Gasteiger partial charge in [-0.3, -0.25) is 37.3 Å². The van der Waals surface area contributed by atoms with E-state index in [0.717, 1.165) is 103 Å². The highest BCUT2D eigenvalue weighted by Gasteiger charge is 2.30. The van der Waals surface area contributed by atoms with Crippen molar-refractivity contribution in [1.29, 1.82) is 0 Å². The van der Waals surface area contributed by atoms with Crippen molar-refractivity contribution in [3.05, 3.63) is 0 Å². The van der Waals surface area contributed by atoms with Gasteiger partial charge in [-0.15, -0.1) is 0 Å². The zero-order valence-corrected chi connectivity index (χ0v) is 51.7. The van der Waals surface area contributed by atoms with Gasteiger partial charge in [0.25, 0.3) is 0 Å². The van der Waals surface area contributed by atoms with Crippen molar-refractivity contribution in [2.24, 2.45) is 11.8 Å². The van der Waals surface area contributed by atoms with E-state index in [2.05, 4.69) is 41.5 Å². The van der Waals surface area contributed by atoms with Crippen LogP contribution < -0.4 is 0 Å². The Kier molecular flexibility index (Phi) is 50.6. The molecule has 0 aromatic rings. The number of hydrogen-bond donors (Lipinski definition) is 3. The van der Waals surface area contributed by atoms with Gasteiger partial charge in [0.15, 0.2) is 12.2 Å². The molecule has 0 spiro atoms. The van der Waals surface area contributed by atoms with Crippen molar-refractivity contribution in [3.8, 4) is 0 Å². The number of aliphatic hydroxyl groups excluding tert-OH is 1. The molecule has 78 heavy (non-hydrogen) atoms. The summed E-state index contributed by atoms with van der Waals surface area (Å²) in [6.45, 7) is 9.25. The minimum Gasteiger partial charge on any atom is -0.462 e. The Morgan fingerprint density at radius 1 is 0.346 bits per heavy atom. The fraction of sp³-hybridized carbons (Fsp3) is 0.932. The van der Waals surface area contributed by atoms with Gasteiger partial charge in [0.05, 0.1) is 26.4 Å². The minimum absolute atomic E-state index is 0.102. The summed E-state index contributed by atoms with van der Waals surface area (Å²) in [6, 6.07) is 0. The van der Waals surface area contributed by atoms with Gasteiger partial charge in [0.2, 0.25) is 0 Å². The van der Waals surface area contributed by atoms with Crippen molar-refractivity contribution < 1.29 is 80.2 Å². The molecular weight excluding hydrogens is 1040 g/mol. The van der Waals surface area contributed by atoms with E-state index in [1.165, 1.54) is 89.9 Å². The van der Waals surface area contributed by atoms with Gasteiger partial charge in [-0.1, -0.05) is 234 Å². The van der Waals surface area contributed by atoms with Crippen LogP contribution in [-0.4, -0.2) is 96.7 Å². The molecule has 0 saturated carbocycles. The van der Waals surface area contributed by atoms with Crippen LogP contribution in [0, 0.1) is 11.8 Å². The second kappa shape index (κ2) is 51.9. The van der Waals surface area contributed by atoms with E-state index in [1.807, 2.05) is 0 Å². The fourth-order valence-corrected chi connectivity index (χ4v) is 10.2. The highest BCUT2D eigenvalue weighted by atomic mass is 31.2. The number of phosphoric ester groups is 2. The van der Waals surface area contributed by atoms with Crippen LogP contribution in [0.15, 0.2) is 0 Å². The maximum absolute atomic E-state index is 12.9. The first-order valence-electron chi connectivity index (χ1n) is 31.0. The van der Waals surface area contributed by atoms with Crippen LogP contribution in [0.4, 0.5) is 0 Å². The van der Waals surface area contributed by atoms with Gasteiger partial charge in [-0.2, -0.15) is 0 Å². The molecule has 0 fully saturated rings. The first-order valence-corrected chi connectivity index (χ1v) is 34.0. The van der Waals surface area contributed by atoms with Gasteiger partial charge in [0, 0.05) is 25.7 Å². The number of carbonyl (C=O) groups excluding carboxylic acids is 4. The van der Waals surface area contributed by atoms with Crippen molar-refractivity contribution in [2.45, 2.75) is 304 Å². The third kappa shape index (κ3) is 53.4. The molecule has 17 nitrogen and oxygen atoms in total. The number of unbranched alkanes of at least 4 members (excludes halogenated alkanes) is 28. The second-order valence-electron chi connectivity index (χ2n) is 22.3. The molecule has 0 bridgehead atoms. The van der Waals surface area contributed by atoms with E-state index in [9.17, 15) is 43.2 Å². The summed E-state index contributed by atoms with van der Waals surface area (Å²) in [7, 11) is -9.87. The van der Waals surface area contributed by atoms with E-state index < -0.39 is 97.5 Å². The molecule has 0 aromatic heterocycles. The lowest BCUT2D eigenvalue weighted by Crippen LogP contribution is -2.30. The van der Waals surface area contributed by atoms with Crippen molar-refractivity contribution in [2.75, 3.05) is 39.6 Å².